The topological polar surface area (TPSA) is 69.7 Å². The second-order valence-electron chi connectivity index (χ2n) is 7.57. The van der Waals surface area contributed by atoms with E-state index in [0.717, 1.165) is 17.4 Å². The summed E-state index contributed by atoms with van der Waals surface area (Å²) in [5, 5.41) is 0. The molecule has 138 valence electrons. The van der Waals surface area contributed by atoms with E-state index < -0.39 is 27.4 Å². The Morgan fingerprint density at radius 3 is 1.88 bits per heavy atom. The summed E-state index contributed by atoms with van der Waals surface area (Å²) in [6.07, 6.45) is 0.739. The van der Waals surface area contributed by atoms with E-state index in [9.17, 15) is 13.2 Å². The van der Waals surface area contributed by atoms with E-state index in [-0.39, 0.29) is 5.75 Å². The molecule has 0 spiro atoms. The Kier molecular flexibility index (Phi) is 5.21. The number of carbonyl (C=O) groups excluding carboxylic acids is 1. The zero-order chi connectivity index (χ0) is 19.4. The van der Waals surface area contributed by atoms with Gasteiger partial charge in [0.15, 0.2) is 6.29 Å². The van der Waals surface area contributed by atoms with Crippen LogP contribution in [0, 0.1) is 20.8 Å². The minimum absolute atomic E-state index is 0.347. The largest absolute Gasteiger partial charge is 0.495 e. The van der Waals surface area contributed by atoms with E-state index in [2.05, 4.69) is 0 Å². The lowest BCUT2D eigenvalue weighted by Crippen LogP contribution is -2.41. The molecule has 0 unspecified atom stereocenters. The van der Waals surface area contributed by atoms with Crippen molar-refractivity contribution in [3.8, 4) is 0 Å². The molecule has 0 N–H and O–H groups in total. The summed E-state index contributed by atoms with van der Waals surface area (Å²) < 4.78 is 35.5. The Hall–Kier alpha value is -0.885. The zero-order valence-electron chi connectivity index (χ0n) is 15.7. The van der Waals surface area contributed by atoms with Gasteiger partial charge in [0.1, 0.15) is 0 Å². The molecule has 1 aliphatic rings. The van der Waals surface area contributed by atoms with Gasteiger partial charge in [-0.1, -0.05) is 0 Å². The fourth-order valence-electron chi connectivity index (χ4n) is 3.19. The molecule has 0 bridgehead atoms. The molecule has 0 amide bonds. The summed E-state index contributed by atoms with van der Waals surface area (Å²) in [6.45, 7) is 13.1. The number of hydrogen-bond donors (Lipinski definition) is 0. The van der Waals surface area contributed by atoms with Crippen LogP contribution in [0.3, 0.4) is 0 Å². The van der Waals surface area contributed by atoms with Crippen LogP contribution in [0.5, 0.6) is 0 Å². The molecule has 1 aromatic rings. The van der Waals surface area contributed by atoms with E-state index in [1.807, 2.05) is 41.5 Å². The van der Waals surface area contributed by atoms with Crippen LogP contribution in [-0.2, 0) is 24.1 Å². The van der Waals surface area contributed by atoms with Crippen LogP contribution in [0.15, 0.2) is 0 Å². The normalized spacial score (nSPS) is 19.3. The summed E-state index contributed by atoms with van der Waals surface area (Å²) >= 11 is 0. The molecule has 1 saturated heterocycles. The van der Waals surface area contributed by atoms with Crippen molar-refractivity contribution in [2.75, 3.05) is 0 Å². The standard InChI is InChI=1S/C17H24BClO5S/c1-10-13(8-20)11(2)15(12(3)14(10)9-25(19,21)22)18-23-16(4,5)17(6,7)24-18/h8H,9H2,1-7H3. The van der Waals surface area contributed by atoms with E-state index >= 15 is 0 Å². The van der Waals surface area contributed by atoms with Gasteiger partial charge in [-0.2, -0.15) is 0 Å². The lowest BCUT2D eigenvalue weighted by Gasteiger charge is -2.32. The summed E-state index contributed by atoms with van der Waals surface area (Å²) in [5.41, 5.74) is 2.67. The first kappa shape index (κ1) is 20.4. The fourth-order valence-corrected chi connectivity index (χ4v) is 4.30. The molecule has 1 aliphatic heterocycles. The van der Waals surface area contributed by atoms with Gasteiger partial charge in [-0.3, -0.25) is 4.79 Å². The average Bonchev–Trinajstić information content (AvgIpc) is 2.62. The van der Waals surface area contributed by atoms with Crippen molar-refractivity contribution in [1.82, 2.24) is 0 Å². The van der Waals surface area contributed by atoms with Crippen molar-refractivity contribution in [3.63, 3.8) is 0 Å². The number of carbonyl (C=O) groups is 1. The summed E-state index contributed by atoms with van der Waals surface area (Å²) in [6, 6.07) is 0. The SMILES string of the molecule is Cc1c(C=O)c(C)c(B2OC(C)(C)C(C)(C)O2)c(C)c1CS(=O)(=O)Cl. The maximum absolute atomic E-state index is 11.6. The highest BCUT2D eigenvalue weighted by atomic mass is 35.7. The second-order valence-corrected chi connectivity index (χ2v) is 10.3. The highest BCUT2D eigenvalue weighted by Gasteiger charge is 2.52. The van der Waals surface area contributed by atoms with Gasteiger partial charge in [0.2, 0.25) is 9.05 Å². The highest BCUT2D eigenvalue weighted by molar-refractivity contribution is 8.13. The van der Waals surface area contributed by atoms with Crippen LogP contribution in [0.25, 0.3) is 0 Å². The molecule has 1 fully saturated rings. The van der Waals surface area contributed by atoms with Gasteiger partial charge in [-0.15, -0.1) is 0 Å². The molecule has 8 heteroatoms. The van der Waals surface area contributed by atoms with E-state index in [4.69, 9.17) is 20.0 Å². The highest BCUT2D eigenvalue weighted by Crippen LogP contribution is 2.37. The molecule has 1 heterocycles. The van der Waals surface area contributed by atoms with Gasteiger partial charge >= 0.3 is 7.12 Å². The lowest BCUT2D eigenvalue weighted by atomic mass is 9.70. The minimum Gasteiger partial charge on any atom is -0.399 e. The van der Waals surface area contributed by atoms with Crippen molar-refractivity contribution in [2.45, 2.75) is 65.4 Å². The number of benzene rings is 1. The smallest absolute Gasteiger partial charge is 0.399 e. The maximum atomic E-state index is 11.6. The Morgan fingerprint density at radius 2 is 1.48 bits per heavy atom. The number of aldehydes is 1. The summed E-state index contributed by atoms with van der Waals surface area (Å²) in [4.78, 5) is 11.6. The first-order chi connectivity index (χ1) is 11.2. The molecule has 1 aromatic carbocycles. The fraction of sp³-hybridized carbons (Fsp3) is 0.588. The van der Waals surface area contributed by atoms with Crippen LogP contribution in [0.2, 0.25) is 0 Å². The predicted molar refractivity (Wildman–Crippen MR) is 100 cm³/mol. The Balaban J connectivity index is 2.71. The Labute approximate surface area is 154 Å². The zero-order valence-corrected chi connectivity index (χ0v) is 17.3. The summed E-state index contributed by atoms with van der Waals surface area (Å²) in [5.74, 6) is -0.347. The van der Waals surface area contributed by atoms with Crippen molar-refractivity contribution in [3.05, 3.63) is 27.8 Å². The molecular weight excluding hydrogens is 363 g/mol. The molecular formula is C17H24BClO5S. The second kappa shape index (κ2) is 6.37. The number of rotatable bonds is 4. The van der Waals surface area contributed by atoms with E-state index in [0.29, 0.717) is 22.2 Å². The molecule has 0 aromatic heterocycles. The van der Waals surface area contributed by atoms with Crippen molar-refractivity contribution in [1.29, 1.82) is 0 Å². The summed E-state index contributed by atoms with van der Waals surface area (Å²) in [7, 11) is 1.02. The third-order valence-corrected chi connectivity index (χ3v) is 6.41. The third kappa shape index (κ3) is 3.65. The van der Waals surface area contributed by atoms with Gasteiger partial charge in [-0.05, 0) is 76.2 Å². The quantitative estimate of drug-likeness (QED) is 0.452. The van der Waals surface area contributed by atoms with E-state index in [1.165, 1.54) is 0 Å². The Morgan fingerprint density at radius 1 is 1.00 bits per heavy atom. The number of hydrogen-bond acceptors (Lipinski definition) is 5. The van der Waals surface area contributed by atoms with Gasteiger partial charge < -0.3 is 9.31 Å². The molecule has 0 aliphatic carbocycles. The third-order valence-electron chi connectivity index (χ3n) is 5.44. The van der Waals surface area contributed by atoms with Gasteiger partial charge in [0.05, 0.1) is 17.0 Å². The lowest BCUT2D eigenvalue weighted by molar-refractivity contribution is 0.00578. The monoisotopic (exact) mass is 386 g/mol. The maximum Gasteiger partial charge on any atom is 0.495 e. The van der Waals surface area contributed by atoms with Crippen molar-refractivity contribution in [2.24, 2.45) is 0 Å². The molecule has 0 atom stereocenters. The van der Waals surface area contributed by atoms with Crippen LogP contribution < -0.4 is 5.46 Å². The molecule has 25 heavy (non-hydrogen) atoms. The van der Waals surface area contributed by atoms with Crippen molar-refractivity contribution < 1.29 is 22.5 Å². The molecule has 0 radical (unpaired) electrons. The molecule has 2 rings (SSSR count). The predicted octanol–water partition coefficient (Wildman–Crippen LogP) is 2.79. The van der Waals surface area contributed by atoms with Crippen LogP contribution >= 0.6 is 10.7 Å². The van der Waals surface area contributed by atoms with Crippen LogP contribution in [0.4, 0.5) is 0 Å². The van der Waals surface area contributed by atoms with E-state index in [1.54, 1.807) is 6.92 Å². The van der Waals surface area contributed by atoms with Crippen molar-refractivity contribution >= 4 is 38.6 Å². The van der Waals surface area contributed by atoms with Gasteiger partial charge in [0.25, 0.3) is 0 Å². The van der Waals surface area contributed by atoms with Crippen LogP contribution in [-0.4, -0.2) is 33.0 Å². The molecule has 5 nitrogen and oxygen atoms in total. The molecule has 0 saturated carbocycles. The first-order valence-electron chi connectivity index (χ1n) is 8.07. The van der Waals surface area contributed by atoms with Gasteiger partial charge in [0, 0.05) is 16.2 Å². The number of halogens is 1. The Bertz CT molecular complexity index is 814. The van der Waals surface area contributed by atoms with Crippen LogP contribution in [0.1, 0.15) is 60.3 Å². The van der Waals surface area contributed by atoms with Gasteiger partial charge in [-0.25, -0.2) is 8.42 Å². The minimum atomic E-state index is -3.77. The average molecular weight is 387 g/mol. The first-order valence-corrected chi connectivity index (χ1v) is 10.6.